The minimum atomic E-state index is -3.82. The van der Waals surface area contributed by atoms with Crippen molar-refractivity contribution in [3.05, 3.63) is 28.2 Å². The van der Waals surface area contributed by atoms with Crippen molar-refractivity contribution in [3.63, 3.8) is 0 Å². The molecule has 2 N–H and O–H groups in total. The zero-order chi connectivity index (χ0) is 15.8. The van der Waals surface area contributed by atoms with Crippen molar-refractivity contribution in [1.29, 1.82) is 0 Å². The fourth-order valence-corrected chi connectivity index (χ4v) is 3.42. The Balaban J connectivity index is 2.31. The monoisotopic (exact) mass is 374 g/mol. The largest absolute Gasteiger partial charge is 0.338 e. The van der Waals surface area contributed by atoms with Crippen LogP contribution in [-0.2, 0) is 10.0 Å². The molecule has 0 aromatic heterocycles. The van der Waals surface area contributed by atoms with Gasteiger partial charge in [-0.05, 0) is 52.4 Å². The number of hydrogen-bond acceptors (Lipinski definition) is 3. The molecule has 2 unspecified atom stereocenters. The van der Waals surface area contributed by atoms with Gasteiger partial charge in [0.15, 0.2) is 0 Å². The lowest BCUT2D eigenvalue weighted by atomic mass is 9.88. The van der Waals surface area contributed by atoms with E-state index >= 15 is 0 Å². The van der Waals surface area contributed by atoms with E-state index in [-0.39, 0.29) is 10.8 Å². The summed E-state index contributed by atoms with van der Waals surface area (Å²) in [4.78, 5) is 14.3. The van der Waals surface area contributed by atoms with Crippen molar-refractivity contribution in [3.8, 4) is 0 Å². The molecule has 2 atom stereocenters. The second kappa shape index (κ2) is 6.06. The molecule has 21 heavy (non-hydrogen) atoms. The Morgan fingerprint density at radius 2 is 2.00 bits per heavy atom. The van der Waals surface area contributed by atoms with E-state index in [0.717, 1.165) is 6.42 Å². The molecular weight excluding hydrogens is 356 g/mol. The summed E-state index contributed by atoms with van der Waals surface area (Å²) in [5, 5.41) is 5.13. The van der Waals surface area contributed by atoms with Crippen LogP contribution in [-0.4, -0.2) is 32.3 Å². The molecule has 1 saturated heterocycles. The third kappa shape index (κ3) is 3.64. The van der Waals surface area contributed by atoms with Crippen LogP contribution in [0.4, 0.5) is 0 Å². The van der Waals surface area contributed by atoms with Crippen LogP contribution in [0.1, 0.15) is 30.6 Å². The van der Waals surface area contributed by atoms with Gasteiger partial charge in [-0.15, -0.1) is 0 Å². The Kier molecular flexibility index (Phi) is 4.75. The SMILES string of the molecule is CC1CCN(C(=O)c2cc(S(N)(=O)=O)ccc2Br)CC1C. The number of carbonyl (C=O) groups excluding carboxylic acids is 1. The zero-order valence-electron chi connectivity index (χ0n) is 12.0. The van der Waals surface area contributed by atoms with Gasteiger partial charge < -0.3 is 4.90 Å². The molecule has 1 aromatic carbocycles. The lowest BCUT2D eigenvalue weighted by Gasteiger charge is -2.35. The highest BCUT2D eigenvalue weighted by Gasteiger charge is 2.28. The molecule has 0 bridgehead atoms. The van der Waals surface area contributed by atoms with E-state index in [2.05, 4.69) is 29.8 Å². The predicted octanol–water partition coefficient (Wildman–Crippen LogP) is 2.21. The Morgan fingerprint density at radius 1 is 1.33 bits per heavy atom. The maximum absolute atomic E-state index is 12.6. The number of carbonyl (C=O) groups is 1. The van der Waals surface area contributed by atoms with E-state index in [1.54, 1.807) is 11.0 Å². The Morgan fingerprint density at radius 3 is 2.57 bits per heavy atom. The summed E-state index contributed by atoms with van der Waals surface area (Å²) in [6.07, 6.45) is 0.958. The van der Waals surface area contributed by atoms with Crippen LogP contribution in [0.5, 0.6) is 0 Å². The Hall–Kier alpha value is -0.920. The number of sulfonamides is 1. The fraction of sp³-hybridized carbons (Fsp3) is 0.500. The standard InChI is InChI=1S/C14H19BrN2O3S/c1-9-5-6-17(8-10(9)2)14(18)12-7-11(21(16,19)20)3-4-13(12)15/h3-4,7,9-10H,5-6,8H2,1-2H3,(H2,16,19,20). The number of likely N-dealkylation sites (tertiary alicyclic amines) is 1. The Bertz CT molecular complexity index is 660. The lowest BCUT2D eigenvalue weighted by molar-refractivity contribution is 0.0626. The summed E-state index contributed by atoms with van der Waals surface area (Å²) in [6, 6.07) is 4.27. The maximum atomic E-state index is 12.6. The molecule has 1 aromatic rings. The smallest absolute Gasteiger partial charge is 0.255 e. The van der Waals surface area contributed by atoms with Gasteiger partial charge in [-0.25, -0.2) is 13.6 Å². The highest BCUT2D eigenvalue weighted by molar-refractivity contribution is 9.10. The van der Waals surface area contributed by atoms with Gasteiger partial charge in [0.1, 0.15) is 0 Å². The van der Waals surface area contributed by atoms with Crippen LogP contribution >= 0.6 is 15.9 Å². The summed E-state index contributed by atoms with van der Waals surface area (Å²) < 4.78 is 23.4. The molecule has 0 radical (unpaired) electrons. The van der Waals surface area contributed by atoms with Crippen LogP contribution in [0.15, 0.2) is 27.6 Å². The average molecular weight is 375 g/mol. The van der Waals surface area contributed by atoms with Crippen molar-refractivity contribution in [2.75, 3.05) is 13.1 Å². The molecular formula is C14H19BrN2O3S. The van der Waals surface area contributed by atoms with E-state index in [4.69, 9.17) is 5.14 Å². The van der Waals surface area contributed by atoms with Gasteiger partial charge in [-0.1, -0.05) is 13.8 Å². The summed E-state index contributed by atoms with van der Waals surface area (Å²) in [5.74, 6) is 0.863. The van der Waals surface area contributed by atoms with Gasteiger partial charge in [0.2, 0.25) is 10.0 Å². The molecule has 1 aliphatic heterocycles. The molecule has 1 amide bonds. The molecule has 116 valence electrons. The number of nitrogens with zero attached hydrogens (tertiary/aromatic N) is 1. The second-order valence-electron chi connectivity index (χ2n) is 5.68. The van der Waals surface area contributed by atoms with Crippen molar-refractivity contribution in [1.82, 2.24) is 4.90 Å². The molecule has 0 aliphatic carbocycles. The zero-order valence-corrected chi connectivity index (χ0v) is 14.4. The van der Waals surface area contributed by atoms with Crippen LogP contribution < -0.4 is 5.14 Å². The van der Waals surface area contributed by atoms with E-state index in [1.807, 2.05) is 0 Å². The minimum Gasteiger partial charge on any atom is -0.338 e. The van der Waals surface area contributed by atoms with Crippen LogP contribution in [0.2, 0.25) is 0 Å². The first-order valence-electron chi connectivity index (χ1n) is 6.81. The van der Waals surface area contributed by atoms with Crippen LogP contribution in [0.3, 0.4) is 0 Å². The fourth-order valence-electron chi connectivity index (χ4n) is 2.46. The van der Waals surface area contributed by atoms with Crippen LogP contribution in [0.25, 0.3) is 0 Å². The summed E-state index contributed by atoms with van der Waals surface area (Å²) >= 11 is 3.31. The van der Waals surface area contributed by atoms with Crippen molar-refractivity contribution >= 4 is 31.9 Å². The normalized spacial score (nSPS) is 23.1. The first-order valence-corrected chi connectivity index (χ1v) is 9.15. The number of amides is 1. The topological polar surface area (TPSA) is 80.5 Å². The molecule has 2 rings (SSSR count). The lowest BCUT2D eigenvalue weighted by Crippen LogP contribution is -2.42. The molecule has 1 heterocycles. The van der Waals surface area contributed by atoms with E-state index in [1.165, 1.54) is 12.1 Å². The molecule has 1 aliphatic rings. The number of nitrogens with two attached hydrogens (primary N) is 1. The number of hydrogen-bond donors (Lipinski definition) is 1. The van der Waals surface area contributed by atoms with Gasteiger partial charge in [-0.2, -0.15) is 0 Å². The molecule has 7 heteroatoms. The summed E-state index contributed by atoms with van der Waals surface area (Å²) in [6.45, 7) is 5.69. The van der Waals surface area contributed by atoms with E-state index < -0.39 is 10.0 Å². The van der Waals surface area contributed by atoms with Crippen molar-refractivity contribution in [2.24, 2.45) is 17.0 Å². The third-order valence-electron chi connectivity index (χ3n) is 4.12. The summed E-state index contributed by atoms with van der Waals surface area (Å²) in [5.41, 5.74) is 0.336. The minimum absolute atomic E-state index is 0.0486. The third-order valence-corrected chi connectivity index (χ3v) is 5.72. The number of halogens is 1. The highest BCUT2D eigenvalue weighted by Crippen LogP contribution is 2.27. The number of piperidine rings is 1. The summed E-state index contributed by atoms with van der Waals surface area (Å²) in [7, 11) is -3.82. The maximum Gasteiger partial charge on any atom is 0.255 e. The van der Waals surface area contributed by atoms with Gasteiger partial charge in [0.25, 0.3) is 5.91 Å². The molecule has 1 fully saturated rings. The quantitative estimate of drug-likeness (QED) is 0.861. The van der Waals surface area contributed by atoms with Gasteiger partial charge in [0.05, 0.1) is 10.5 Å². The number of rotatable bonds is 2. The second-order valence-corrected chi connectivity index (χ2v) is 8.10. The number of primary sulfonamides is 1. The van der Waals surface area contributed by atoms with Gasteiger partial charge in [0, 0.05) is 17.6 Å². The van der Waals surface area contributed by atoms with Crippen molar-refractivity contribution < 1.29 is 13.2 Å². The first-order chi connectivity index (χ1) is 9.70. The predicted molar refractivity (Wildman–Crippen MR) is 84.4 cm³/mol. The molecule has 0 saturated carbocycles. The average Bonchev–Trinajstić information content (AvgIpc) is 2.40. The highest BCUT2D eigenvalue weighted by atomic mass is 79.9. The molecule has 0 spiro atoms. The number of benzene rings is 1. The van der Waals surface area contributed by atoms with Gasteiger partial charge >= 0.3 is 0 Å². The van der Waals surface area contributed by atoms with Crippen LogP contribution in [0, 0.1) is 11.8 Å². The van der Waals surface area contributed by atoms with Crippen molar-refractivity contribution in [2.45, 2.75) is 25.2 Å². The van der Waals surface area contributed by atoms with Gasteiger partial charge in [-0.3, -0.25) is 4.79 Å². The van der Waals surface area contributed by atoms with E-state index in [0.29, 0.717) is 35.0 Å². The first kappa shape index (κ1) is 16.5. The Labute approximate surface area is 133 Å². The molecule has 5 nitrogen and oxygen atoms in total. The van der Waals surface area contributed by atoms with E-state index in [9.17, 15) is 13.2 Å².